The molecule has 4 rings (SSSR count). The summed E-state index contributed by atoms with van der Waals surface area (Å²) in [6, 6.07) is 16.9. The highest BCUT2D eigenvalue weighted by atomic mass is 32.1. The molecule has 0 aliphatic heterocycles. The van der Waals surface area contributed by atoms with E-state index in [9.17, 15) is 0 Å². The highest BCUT2D eigenvalue weighted by Gasteiger charge is 2.14. The fourth-order valence-electron chi connectivity index (χ4n) is 3.02. The average Bonchev–Trinajstić information content (AvgIpc) is 3.25. The van der Waals surface area contributed by atoms with Crippen molar-refractivity contribution in [1.82, 2.24) is 19.8 Å². The van der Waals surface area contributed by atoms with Gasteiger partial charge in [0.1, 0.15) is 5.01 Å². The van der Waals surface area contributed by atoms with Gasteiger partial charge in [-0.15, -0.1) is 10.2 Å². The number of anilines is 1. The molecular weight excluding hydrogens is 342 g/mol. The van der Waals surface area contributed by atoms with Crippen LogP contribution in [0.2, 0.25) is 0 Å². The summed E-state index contributed by atoms with van der Waals surface area (Å²) in [5.74, 6) is 0.780. The Morgan fingerprint density at radius 3 is 2.19 bits per heavy atom. The van der Waals surface area contributed by atoms with Crippen LogP contribution in [0.15, 0.2) is 48.5 Å². The van der Waals surface area contributed by atoms with Crippen molar-refractivity contribution >= 4 is 22.0 Å². The van der Waals surface area contributed by atoms with Crippen LogP contribution in [0.3, 0.4) is 0 Å². The molecule has 132 valence electrons. The van der Waals surface area contributed by atoms with Crippen LogP contribution in [0.4, 0.5) is 5.69 Å². The van der Waals surface area contributed by atoms with Gasteiger partial charge in [0.2, 0.25) is 4.96 Å². The summed E-state index contributed by atoms with van der Waals surface area (Å²) in [5.41, 5.74) is 4.59. The second-order valence-electron chi connectivity index (χ2n) is 6.21. The van der Waals surface area contributed by atoms with Gasteiger partial charge in [0, 0.05) is 29.9 Å². The minimum Gasteiger partial charge on any atom is -0.372 e. The molecule has 0 aliphatic rings. The zero-order valence-corrected chi connectivity index (χ0v) is 16.0. The Bertz CT molecular complexity index is 1010. The Balaban J connectivity index is 1.69. The number of fused-ring (bicyclic) bond motifs is 1. The van der Waals surface area contributed by atoms with Crippen molar-refractivity contribution < 1.29 is 0 Å². The van der Waals surface area contributed by atoms with Gasteiger partial charge >= 0.3 is 0 Å². The zero-order chi connectivity index (χ0) is 18.1. The second kappa shape index (κ2) is 6.88. The molecule has 5 nitrogen and oxygen atoms in total. The lowest BCUT2D eigenvalue weighted by molar-refractivity contribution is 0.866. The lowest BCUT2D eigenvalue weighted by Gasteiger charge is -2.20. The maximum atomic E-state index is 4.75. The van der Waals surface area contributed by atoms with Crippen molar-refractivity contribution in [1.29, 1.82) is 0 Å². The van der Waals surface area contributed by atoms with Gasteiger partial charge in [-0.2, -0.15) is 9.61 Å². The summed E-state index contributed by atoms with van der Waals surface area (Å²) in [5, 5.41) is 14.3. The van der Waals surface area contributed by atoms with E-state index in [0.717, 1.165) is 40.0 Å². The highest BCUT2D eigenvalue weighted by molar-refractivity contribution is 7.19. The summed E-state index contributed by atoms with van der Waals surface area (Å²) in [4.78, 5) is 3.14. The van der Waals surface area contributed by atoms with Gasteiger partial charge in [0.05, 0.1) is 0 Å². The molecule has 2 aromatic carbocycles. The van der Waals surface area contributed by atoms with E-state index in [1.165, 1.54) is 11.3 Å². The van der Waals surface area contributed by atoms with Crippen molar-refractivity contribution in [2.24, 2.45) is 0 Å². The van der Waals surface area contributed by atoms with E-state index >= 15 is 0 Å². The summed E-state index contributed by atoms with van der Waals surface area (Å²) in [7, 11) is 0. The van der Waals surface area contributed by atoms with E-state index < -0.39 is 0 Å². The van der Waals surface area contributed by atoms with Crippen LogP contribution in [0.1, 0.15) is 19.4 Å². The quantitative estimate of drug-likeness (QED) is 0.517. The molecule has 0 saturated carbocycles. The van der Waals surface area contributed by atoms with Crippen LogP contribution in [0.25, 0.3) is 26.9 Å². The van der Waals surface area contributed by atoms with Crippen molar-refractivity contribution in [3.63, 3.8) is 0 Å². The monoisotopic (exact) mass is 363 g/mol. The summed E-state index contributed by atoms with van der Waals surface area (Å²) in [6.45, 7) is 8.44. The lowest BCUT2D eigenvalue weighted by atomic mass is 10.1. The molecule has 6 heteroatoms. The maximum absolute atomic E-state index is 4.75. The van der Waals surface area contributed by atoms with Crippen molar-refractivity contribution in [3.8, 4) is 22.0 Å². The van der Waals surface area contributed by atoms with Crippen LogP contribution in [-0.4, -0.2) is 32.9 Å². The normalized spacial score (nSPS) is 11.2. The van der Waals surface area contributed by atoms with E-state index in [0.29, 0.717) is 0 Å². The fraction of sp³-hybridized carbons (Fsp3) is 0.250. The summed E-state index contributed by atoms with van der Waals surface area (Å²) < 4.78 is 1.84. The molecule has 26 heavy (non-hydrogen) atoms. The van der Waals surface area contributed by atoms with Gasteiger partial charge in [-0.25, -0.2) is 0 Å². The Kier molecular flexibility index (Phi) is 4.42. The molecule has 0 spiro atoms. The molecule has 0 radical (unpaired) electrons. The van der Waals surface area contributed by atoms with Crippen LogP contribution in [0.5, 0.6) is 0 Å². The SMILES string of the molecule is CCN(CC)c1ccc(-c2nn3c(-c4ccc(C)cc4)nnc3s2)cc1. The predicted molar refractivity (Wildman–Crippen MR) is 108 cm³/mol. The largest absolute Gasteiger partial charge is 0.372 e. The number of hydrogen-bond acceptors (Lipinski definition) is 5. The number of benzene rings is 2. The molecule has 2 aromatic heterocycles. The van der Waals surface area contributed by atoms with Crippen LogP contribution < -0.4 is 4.90 Å². The van der Waals surface area contributed by atoms with Gasteiger partial charge < -0.3 is 4.90 Å². The molecule has 0 atom stereocenters. The van der Waals surface area contributed by atoms with Gasteiger partial charge in [0.15, 0.2) is 5.82 Å². The zero-order valence-electron chi connectivity index (χ0n) is 15.2. The van der Waals surface area contributed by atoms with Crippen LogP contribution >= 0.6 is 11.3 Å². The molecule has 4 aromatic rings. The first-order valence-electron chi connectivity index (χ1n) is 8.84. The van der Waals surface area contributed by atoms with Gasteiger partial charge in [-0.1, -0.05) is 41.2 Å². The van der Waals surface area contributed by atoms with Crippen LogP contribution in [-0.2, 0) is 0 Å². The molecule has 0 bridgehead atoms. The average molecular weight is 363 g/mol. The van der Waals surface area contributed by atoms with Crippen molar-refractivity contribution in [2.75, 3.05) is 18.0 Å². The first kappa shape index (κ1) is 16.7. The topological polar surface area (TPSA) is 46.3 Å². The number of hydrogen-bond donors (Lipinski definition) is 0. The standard InChI is InChI=1S/C20H21N5S/c1-4-24(5-2)17-12-10-16(11-13-17)19-23-25-18(21-22-20(25)26-19)15-8-6-14(3)7-9-15/h6-13H,4-5H2,1-3H3. The molecule has 0 unspecified atom stereocenters. The minimum absolute atomic E-state index is 0.780. The summed E-state index contributed by atoms with van der Waals surface area (Å²) in [6.07, 6.45) is 0. The molecule has 0 fully saturated rings. The first-order chi connectivity index (χ1) is 12.7. The van der Waals surface area contributed by atoms with Gasteiger partial charge in [0.25, 0.3) is 0 Å². The van der Waals surface area contributed by atoms with Crippen LogP contribution in [0, 0.1) is 6.92 Å². The Morgan fingerprint density at radius 2 is 1.54 bits per heavy atom. The maximum Gasteiger partial charge on any atom is 0.235 e. The smallest absolute Gasteiger partial charge is 0.235 e. The van der Waals surface area contributed by atoms with E-state index in [2.05, 4.69) is 84.4 Å². The van der Waals surface area contributed by atoms with E-state index in [1.807, 2.05) is 4.52 Å². The highest BCUT2D eigenvalue weighted by Crippen LogP contribution is 2.29. The third kappa shape index (κ3) is 2.97. The van der Waals surface area contributed by atoms with E-state index in [4.69, 9.17) is 5.10 Å². The van der Waals surface area contributed by atoms with Gasteiger partial charge in [-0.05, 0) is 45.0 Å². The van der Waals surface area contributed by atoms with Crippen molar-refractivity contribution in [3.05, 3.63) is 54.1 Å². The Morgan fingerprint density at radius 1 is 0.885 bits per heavy atom. The minimum atomic E-state index is 0.780. The molecule has 0 saturated heterocycles. The summed E-state index contributed by atoms with van der Waals surface area (Å²) >= 11 is 1.56. The van der Waals surface area contributed by atoms with Crippen molar-refractivity contribution in [2.45, 2.75) is 20.8 Å². The predicted octanol–water partition coefficient (Wildman–Crippen LogP) is 4.67. The molecule has 0 N–H and O–H groups in total. The first-order valence-corrected chi connectivity index (χ1v) is 9.66. The molecule has 0 aliphatic carbocycles. The molecule has 0 amide bonds. The second-order valence-corrected chi connectivity index (χ2v) is 7.17. The third-order valence-electron chi connectivity index (χ3n) is 4.54. The Hall–Kier alpha value is -2.73. The van der Waals surface area contributed by atoms with E-state index in [1.54, 1.807) is 11.3 Å². The van der Waals surface area contributed by atoms with Gasteiger partial charge in [-0.3, -0.25) is 0 Å². The van der Waals surface area contributed by atoms with E-state index in [-0.39, 0.29) is 0 Å². The number of aromatic nitrogens is 4. The Labute approximate surface area is 156 Å². The number of nitrogens with zero attached hydrogens (tertiary/aromatic N) is 5. The number of rotatable bonds is 5. The fourth-order valence-corrected chi connectivity index (χ4v) is 3.86. The molecular formula is C20H21N5S. The third-order valence-corrected chi connectivity index (χ3v) is 5.49. The number of aryl methyl sites for hydroxylation is 1. The lowest BCUT2D eigenvalue weighted by Crippen LogP contribution is -2.21. The molecule has 2 heterocycles.